The van der Waals surface area contributed by atoms with Gasteiger partial charge in [-0.3, -0.25) is 4.79 Å². The van der Waals surface area contributed by atoms with Gasteiger partial charge < -0.3 is 20.1 Å². The Hall–Kier alpha value is -2.21. The number of benzene rings is 2. The Kier molecular flexibility index (Phi) is 4.67. The van der Waals surface area contributed by atoms with E-state index in [4.69, 9.17) is 9.47 Å². The molecule has 5 rings (SSSR count). The number of hydrogen-bond donors (Lipinski definition) is 2. The molecule has 0 aromatic heterocycles. The lowest BCUT2D eigenvalue weighted by Crippen LogP contribution is -2.24. The largest absolute Gasteiger partial charge is 0.346 e. The van der Waals surface area contributed by atoms with Crippen LogP contribution in [-0.4, -0.2) is 25.2 Å². The van der Waals surface area contributed by atoms with Crippen LogP contribution in [0.5, 0.6) is 0 Å². The number of ether oxygens (including phenoxy) is 2. The van der Waals surface area contributed by atoms with Gasteiger partial charge in [-0.1, -0.05) is 30.3 Å². The molecule has 0 spiro atoms. The maximum absolute atomic E-state index is 12.7. The van der Waals surface area contributed by atoms with Gasteiger partial charge in [0.2, 0.25) is 5.91 Å². The Morgan fingerprint density at radius 3 is 2.71 bits per heavy atom. The van der Waals surface area contributed by atoms with E-state index in [-0.39, 0.29) is 24.2 Å². The molecule has 0 radical (unpaired) electrons. The van der Waals surface area contributed by atoms with Gasteiger partial charge in [-0.25, -0.2) is 0 Å². The molecular weight excluding hydrogens is 352 g/mol. The Bertz CT molecular complexity index is 880. The van der Waals surface area contributed by atoms with Crippen molar-refractivity contribution in [2.24, 2.45) is 5.92 Å². The highest BCUT2D eigenvalue weighted by Gasteiger charge is 2.44. The van der Waals surface area contributed by atoms with Gasteiger partial charge in [0.05, 0.1) is 12.7 Å². The van der Waals surface area contributed by atoms with Crippen molar-refractivity contribution in [3.8, 4) is 0 Å². The van der Waals surface area contributed by atoms with E-state index in [0.29, 0.717) is 12.5 Å². The predicted octanol–water partition coefficient (Wildman–Crippen LogP) is 3.51. The van der Waals surface area contributed by atoms with Crippen LogP contribution in [0.1, 0.15) is 47.8 Å². The van der Waals surface area contributed by atoms with Gasteiger partial charge in [-0.2, -0.15) is 0 Å². The number of carbonyl (C=O) groups is 1. The lowest BCUT2D eigenvalue weighted by atomic mass is 10.0. The van der Waals surface area contributed by atoms with E-state index in [0.717, 1.165) is 37.2 Å². The van der Waals surface area contributed by atoms with Crippen LogP contribution in [0.3, 0.4) is 0 Å². The number of carbonyl (C=O) groups excluding carboxylic acids is 1. The fourth-order valence-corrected chi connectivity index (χ4v) is 4.23. The summed E-state index contributed by atoms with van der Waals surface area (Å²) in [6, 6.07) is 14.6. The molecule has 2 aromatic rings. The molecule has 2 aromatic carbocycles. The first-order valence-electron chi connectivity index (χ1n) is 10.2. The molecule has 4 atom stereocenters. The molecule has 1 aliphatic carbocycles. The highest BCUT2D eigenvalue weighted by molar-refractivity contribution is 5.95. The third kappa shape index (κ3) is 3.58. The lowest BCUT2D eigenvalue weighted by molar-refractivity contribution is -0.117. The van der Waals surface area contributed by atoms with Gasteiger partial charge in [0.25, 0.3) is 0 Å². The van der Waals surface area contributed by atoms with Gasteiger partial charge >= 0.3 is 0 Å². The van der Waals surface area contributed by atoms with E-state index >= 15 is 0 Å². The second kappa shape index (κ2) is 7.32. The highest BCUT2D eigenvalue weighted by Crippen LogP contribution is 2.48. The fraction of sp³-hybridized carbons (Fsp3) is 0.435. The summed E-state index contributed by atoms with van der Waals surface area (Å²) in [5.74, 6) is 0.488. The van der Waals surface area contributed by atoms with Gasteiger partial charge in [-0.05, 0) is 61.1 Å². The van der Waals surface area contributed by atoms with Crippen LogP contribution in [0.15, 0.2) is 42.5 Å². The first-order valence-corrected chi connectivity index (χ1v) is 10.2. The van der Waals surface area contributed by atoms with Gasteiger partial charge in [0, 0.05) is 23.7 Å². The zero-order valence-electron chi connectivity index (χ0n) is 16.1. The van der Waals surface area contributed by atoms with Crippen molar-refractivity contribution >= 4 is 11.6 Å². The van der Waals surface area contributed by atoms with Crippen LogP contribution in [0.25, 0.3) is 0 Å². The molecule has 1 amide bonds. The topological polar surface area (TPSA) is 59.6 Å². The molecule has 0 bridgehead atoms. The van der Waals surface area contributed by atoms with Gasteiger partial charge in [0.1, 0.15) is 0 Å². The Morgan fingerprint density at radius 1 is 1.11 bits per heavy atom. The summed E-state index contributed by atoms with van der Waals surface area (Å²) in [6.45, 7) is 4.57. The first kappa shape index (κ1) is 17.9. The summed E-state index contributed by atoms with van der Waals surface area (Å²) < 4.78 is 11.4. The standard InChI is InChI=1S/C23H26N2O3/c1-14-13-27-23(28-14)16-4-2-15(3-5-16)20-11-21(20)22(26)25-19-7-6-18-12-24-9-8-17(18)10-19/h2-7,10,14,20-21,23-24H,8-9,11-13H2,1H3,(H,25,26)/t14-,20?,21?,23?/m0/s1. The summed E-state index contributed by atoms with van der Waals surface area (Å²) in [4.78, 5) is 12.7. The summed E-state index contributed by atoms with van der Waals surface area (Å²) in [7, 11) is 0. The third-order valence-electron chi connectivity index (χ3n) is 5.96. The molecule has 1 saturated heterocycles. The van der Waals surface area contributed by atoms with E-state index in [2.05, 4.69) is 47.0 Å². The minimum Gasteiger partial charge on any atom is -0.346 e. The second-order valence-electron chi connectivity index (χ2n) is 8.13. The van der Waals surface area contributed by atoms with E-state index < -0.39 is 0 Å². The van der Waals surface area contributed by atoms with Crippen LogP contribution >= 0.6 is 0 Å². The quantitative estimate of drug-likeness (QED) is 0.855. The monoisotopic (exact) mass is 378 g/mol. The van der Waals surface area contributed by atoms with E-state index in [1.54, 1.807) is 0 Å². The summed E-state index contributed by atoms with van der Waals surface area (Å²) >= 11 is 0. The molecule has 2 heterocycles. The second-order valence-corrected chi connectivity index (χ2v) is 8.13. The minimum atomic E-state index is -0.262. The van der Waals surface area contributed by atoms with Crippen LogP contribution in [0.4, 0.5) is 5.69 Å². The SMILES string of the molecule is C[C@H]1COC(c2ccc(C3CC3C(=O)Nc3ccc4c(c3)CCNC4)cc2)O1. The Morgan fingerprint density at radius 2 is 1.93 bits per heavy atom. The summed E-state index contributed by atoms with van der Waals surface area (Å²) in [5.41, 5.74) is 5.84. The molecule has 5 heteroatoms. The molecule has 3 aliphatic rings. The van der Waals surface area contributed by atoms with Crippen molar-refractivity contribution in [3.63, 3.8) is 0 Å². The van der Waals surface area contributed by atoms with Gasteiger partial charge in [-0.15, -0.1) is 0 Å². The molecule has 5 nitrogen and oxygen atoms in total. The van der Waals surface area contributed by atoms with E-state index in [1.807, 2.05) is 13.0 Å². The maximum Gasteiger partial charge on any atom is 0.228 e. The van der Waals surface area contributed by atoms with Crippen molar-refractivity contribution in [2.75, 3.05) is 18.5 Å². The summed E-state index contributed by atoms with van der Waals surface area (Å²) in [6.07, 6.45) is 1.81. The average Bonchev–Trinajstić information content (AvgIpc) is 3.42. The number of fused-ring (bicyclic) bond motifs is 1. The Labute approximate surface area is 165 Å². The van der Waals surface area contributed by atoms with Crippen molar-refractivity contribution in [3.05, 3.63) is 64.7 Å². The molecule has 28 heavy (non-hydrogen) atoms. The zero-order valence-corrected chi connectivity index (χ0v) is 16.1. The normalized spacial score (nSPS) is 28.6. The predicted molar refractivity (Wildman–Crippen MR) is 107 cm³/mol. The number of anilines is 1. The van der Waals surface area contributed by atoms with Crippen LogP contribution in [-0.2, 0) is 27.2 Å². The van der Waals surface area contributed by atoms with Crippen molar-refractivity contribution in [1.29, 1.82) is 0 Å². The van der Waals surface area contributed by atoms with Gasteiger partial charge in [0.15, 0.2) is 6.29 Å². The van der Waals surface area contributed by atoms with Crippen LogP contribution < -0.4 is 10.6 Å². The molecular formula is C23H26N2O3. The smallest absolute Gasteiger partial charge is 0.228 e. The van der Waals surface area contributed by atoms with E-state index in [1.165, 1.54) is 16.7 Å². The molecule has 2 fully saturated rings. The molecule has 2 N–H and O–H groups in total. The Balaban J connectivity index is 1.20. The summed E-state index contributed by atoms with van der Waals surface area (Å²) in [5, 5.41) is 6.49. The number of nitrogens with one attached hydrogen (secondary N) is 2. The van der Waals surface area contributed by atoms with Crippen molar-refractivity contribution < 1.29 is 14.3 Å². The van der Waals surface area contributed by atoms with Crippen LogP contribution in [0.2, 0.25) is 0 Å². The number of rotatable bonds is 4. The van der Waals surface area contributed by atoms with Crippen molar-refractivity contribution in [2.45, 2.75) is 44.6 Å². The molecule has 1 saturated carbocycles. The molecule has 146 valence electrons. The highest BCUT2D eigenvalue weighted by atomic mass is 16.7. The third-order valence-corrected chi connectivity index (χ3v) is 5.96. The molecule has 3 unspecified atom stereocenters. The van der Waals surface area contributed by atoms with Crippen molar-refractivity contribution in [1.82, 2.24) is 5.32 Å². The average molecular weight is 378 g/mol. The number of amides is 1. The molecule has 2 aliphatic heterocycles. The van der Waals surface area contributed by atoms with E-state index in [9.17, 15) is 4.79 Å². The minimum absolute atomic E-state index is 0.0579. The first-order chi connectivity index (χ1) is 13.7. The van der Waals surface area contributed by atoms with Crippen LogP contribution in [0, 0.1) is 5.92 Å². The maximum atomic E-state index is 12.7. The fourth-order valence-electron chi connectivity index (χ4n) is 4.23. The lowest BCUT2D eigenvalue weighted by Gasteiger charge is -2.18. The number of hydrogen-bond acceptors (Lipinski definition) is 4. The zero-order chi connectivity index (χ0) is 19.1.